The average molecular weight is 466 g/mol. The van der Waals surface area contributed by atoms with E-state index >= 15 is 0 Å². The van der Waals surface area contributed by atoms with Crippen molar-refractivity contribution in [3.05, 3.63) is 77.5 Å². The molecule has 0 saturated heterocycles. The van der Waals surface area contributed by atoms with Gasteiger partial charge in [-0.05, 0) is 29.5 Å². The predicted molar refractivity (Wildman–Crippen MR) is 134 cm³/mol. The summed E-state index contributed by atoms with van der Waals surface area (Å²) >= 11 is 4.20. The molecule has 0 fully saturated rings. The minimum absolute atomic E-state index is 0.0602. The summed E-state index contributed by atoms with van der Waals surface area (Å²) < 4.78 is 6.72. The summed E-state index contributed by atoms with van der Waals surface area (Å²) in [6.45, 7) is 8.90. The SMILES string of the molecule is CCOC(=O)[C@@H](CS)NC(=O)c1cc(-c2ccccc2)nn1Cc1ccc(C(C)(C)C)cc1. The van der Waals surface area contributed by atoms with Crippen molar-refractivity contribution in [3.8, 4) is 11.3 Å². The number of nitrogens with one attached hydrogen (secondary N) is 1. The second-order valence-corrected chi connectivity index (χ2v) is 9.21. The van der Waals surface area contributed by atoms with E-state index in [1.54, 1.807) is 17.7 Å². The number of rotatable bonds is 8. The molecule has 174 valence electrons. The van der Waals surface area contributed by atoms with E-state index in [0.29, 0.717) is 17.9 Å². The van der Waals surface area contributed by atoms with Crippen LogP contribution in [0.25, 0.3) is 11.3 Å². The minimum Gasteiger partial charge on any atom is -0.464 e. The van der Waals surface area contributed by atoms with Crippen LogP contribution in [0.5, 0.6) is 0 Å². The first-order chi connectivity index (χ1) is 15.7. The summed E-state index contributed by atoms with van der Waals surface area (Å²) in [6.07, 6.45) is 0. The number of carbonyl (C=O) groups excluding carboxylic acids is 2. The van der Waals surface area contributed by atoms with Crippen LogP contribution in [0.1, 0.15) is 49.3 Å². The van der Waals surface area contributed by atoms with Crippen molar-refractivity contribution in [1.82, 2.24) is 15.1 Å². The molecular formula is C26H31N3O3S. The first-order valence-electron chi connectivity index (χ1n) is 11.0. The van der Waals surface area contributed by atoms with Crippen molar-refractivity contribution < 1.29 is 14.3 Å². The van der Waals surface area contributed by atoms with E-state index < -0.39 is 17.9 Å². The van der Waals surface area contributed by atoms with E-state index in [1.807, 2.05) is 30.3 Å². The molecule has 1 atom stereocenters. The van der Waals surface area contributed by atoms with Crippen LogP contribution in [0.4, 0.5) is 0 Å². The number of ether oxygens (including phenoxy) is 1. The van der Waals surface area contributed by atoms with E-state index in [0.717, 1.165) is 11.1 Å². The third-order valence-corrected chi connectivity index (χ3v) is 5.66. The molecule has 3 aromatic rings. The molecule has 0 aliphatic heterocycles. The van der Waals surface area contributed by atoms with Crippen molar-refractivity contribution >= 4 is 24.5 Å². The Labute approximate surface area is 200 Å². The number of aromatic nitrogens is 2. The lowest BCUT2D eigenvalue weighted by atomic mass is 9.87. The van der Waals surface area contributed by atoms with E-state index in [4.69, 9.17) is 9.84 Å². The third kappa shape index (κ3) is 6.26. The summed E-state index contributed by atoms with van der Waals surface area (Å²) in [7, 11) is 0. The van der Waals surface area contributed by atoms with Gasteiger partial charge in [0.15, 0.2) is 0 Å². The number of esters is 1. The minimum atomic E-state index is -0.838. The molecule has 0 aliphatic rings. The van der Waals surface area contributed by atoms with Crippen LogP contribution in [0, 0.1) is 0 Å². The summed E-state index contributed by atoms with van der Waals surface area (Å²) in [5.41, 5.74) is 4.28. The number of carbonyl (C=O) groups is 2. The second-order valence-electron chi connectivity index (χ2n) is 8.85. The molecule has 0 saturated carbocycles. The standard InChI is InChI=1S/C26H31N3O3S/c1-5-32-25(31)22(17-33)27-24(30)23-15-21(19-9-7-6-8-10-19)28-29(23)16-18-11-13-20(14-12-18)26(2,3)4/h6-15,22,33H,5,16-17H2,1-4H3,(H,27,30)/t22-/m1/s1. The largest absolute Gasteiger partial charge is 0.464 e. The zero-order valence-electron chi connectivity index (χ0n) is 19.5. The predicted octanol–water partition coefficient (Wildman–Crippen LogP) is 4.49. The van der Waals surface area contributed by atoms with Gasteiger partial charge >= 0.3 is 5.97 Å². The monoisotopic (exact) mass is 465 g/mol. The number of thiol groups is 1. The lowest BCUT2D eigenvalue weighted by Crippen LogP contribution is -2.43. The first kappa shape index (κ1) is 24.6. The van der Waals surface area contributed by atoms with Crippen molar-refractivity contribution in [2.24, 2.45) is 0 Å². The Morgan fingerprint density at radius 1 is 1.09 bits per heavy atom. The van der Waals surface area contributed by atoms with Crippen LogP contribution in [0.3, 0.4) is 0 Å². The zero-order valence-corrected chi connectivity index (χ0v) is 20.4. The molecular weight excluding hydrogens is 434 g/mol. The van der Waals surface area contributed by atoms with Gasteiger partial charge in [0.05, 0.1) is 18.8 Å². The summed E-state index contributed by atoms with van der Waals surface area (Å²) in [5, 5.41) is 7.44. The highest BCUT2D eigenvalue weighted by Crippen LogP contribution is 2.23. The first-order valence-corrected chi connectivity index (χ1v) is 11.7. The Kier molecular flexibility index (Phi) is 7.97. The molecule has 1 aromatic heterocycles. The molecule has 33 heavy (non-hydrogen) atoms. The number of hydrogen-bond acceptors (Lipinski definition) is 5. The molecule has 0 aliphatic carbocycles. The fourth-order valence-corrected chi connectivity index (χ4v) is 3.65. The van der Waals surface area contributed by atoms with Gasteiger partial charge in [-0.25, -0.2) is 4.79 Å². The number of nitrogens with zero attached hydrogens (tertiary/aromatic N) is 2. The second kappa shape index (κ2) is 10.7. The highest BCUT2D eigenvalue weighted by molar-refractivity contribution is 7.80. The van der Waals surface area contributed by atoms with E-state index in [1.165, 1.54) is 5.56 Å². The van der Waals surface area contributed by atoms with Gasteiger partial charge in [0.1, 0.15) is 11.7 Å². The van der Waals surface area contributed by atoms with Crippen LogP contribution >= 0.6 is 12.6 Å². The number of amides is 1. The zero-order chi connectivity index (χ0) is 24.0. The van der Waals surface area contributed by atoms with Gasteiger partial charge in [-0.1, -0.05) is 75.4 Å². The molecule has 1 amide bonds. The van der Waals surface area contributed by atoms with Crippen molar-refractivity contribution in [1.29, 1.82) is 0 Å². The van der Waals surface area contributed by atoms with E-state index in [-0.39, 0.29) is 17.8 Å². The van der Waals surface area contributed by atoms with Crippen LogP contribution in [0.15, 0.2) is 60.7 Å². The molecule has 0 unspecified atom stereocenters. The van der Waals surface area contributed by atoms with Gasteiger partial charge in [0, 0.05) is 11.3 Å². The molecule has 2 aromatic carbocycles. The van der Waals surface area contributed by atoms with E-state index in [9.17, 15) is 9.59 Å². The van der Waals surface area contributed by atoms with E-state index in [2.05, 4.69) is 63.0 Å². The van der Waals surface area contributed by atoms with Gasteiger partial charge in [0.25, 0.3) is 5.91 Å². The fraction of sp³-hybridized carbons (Fsp3) is 0.346. The molecule has 1 heterocycles. The van der Waals surface area contributed by atoms with Crippen LogP contribution in [-0.4, -0.2) is 40.1 Å². The molecule has 3 rings (SSSR count). The van der Waals surface area contributed by atoms with Crippen molar-refractivity contribution in [2.45, 2.75) is 45.7 Å². The molecule has 7 heteroatoms. The Morgan fingerprint density at radius 2 is 1.76 bits per heavy atom. The normalized spacial score (nSPS) is 12.3. The Balaban J connectivity index is 1.92. The molecule has 6 nitrogen and oxygen atoms in total. The number of hydrogen-bond donors (Lipinski definition) is 2. The lowest BCUT2D eigenvalue weighted by molar-refractivity contribution is -0.144. The van der Waals surface area contributed by atoms with Crippen LogP contribution in [-0.2, 0) is 21.5 Å². The lowest BCUT2D eigenvalue weighted by Gasteiger charge is -2.19. The molecule has 1 N–H and O–H groups in total. The Bertz CT molecular complexity index is 1090. The van der Waals surface area contributed by atoms with Gasteiger partial charge in [-0.15, -0.1) is 0 Å². The number of benzene rings is 2. The summed E-state index contributed by atoms with van der Waals surface area (Å²) in [6, 6.07) is 18.9. The maximum absolute atomic E-state index is 13.2. The van der Waals surface area contributed by atoms with Crippen LogP contribution < -0.4 is 5.32 Å². The molecule has 0 bridgehead atoms. The van der Waals surface area contributed by atoms with Crippen LogP contribution in [0.2, 0.25) is 0 Å². The Morgan fingerprint density at radius 3 is 2.33 bits per heavy atom. The quantitative estimate of drug-likeness (QED) is 0.380. The summed E-state index contributed by atoms with van der Waals surface area (Å²) in [4.78, 5) is 25.3. The van der Waals surface area contributed by atoms with Gasteiger partial charge in [0.2, 0.25) is 0 Å². The average Bonchev–Trinajstić information content (AvgIpc) is 3.21. The van der Waals surface area contributed by atoms with Gasteiger partial charge in [-0.2, -0.15) is 17.7 Å². The summed E-state index contributed by atoms with van der Waals surface area (Å²) in [5.74, 6) is -0.769. The van der Waals surface area contributed by atoms with Gasteiger partial charge < -0.3 is 10.1 Å². The highest BCUT2D eigenvalue weighted by Gasteiger charge is 2.24. The van der Waals surface area contributed by atoms with Crippen molar-refractivity contribution in [3.63, 3.8) is 0 Å². The molecule has 0 radical (unpaired) electrons. The third-order valence-electron chi connectivity index (χ3n) is 5.29. The molecule has 0 spiro atoms. The highest BCUT2D eigenvalue weighted by atomic mass is 32.1. The fourth-order valence-electron chi connectivity index (χ4n) is 3.41. The Hall–Kier alpha value is -3.06. The smallest absolute Gasteiger partial charge is 0.329 e. The topological polar surface area (TPSA) is 73.2 Å². The van der Waals surface area contributed by atoms with Crippen molar-refractivity contribution in [2.75, 3.05) is 12.4 Å². The van der Waals surface area contributed by atoms with Gasteiger partial charge in [-0.3, -0.25) is 9.48 Å². The maximum Gasteiger partial charge on any atom is 0.329 e. The maximum atomic E-state index is 13.2.